The van der Waals surface area contributed by atoms with Crippen LogP contribution in [0.3, 0.4) is 0 Å². The molecule has 0 rings (SSSR count). The van der Waals surface area contributed by atoms with Crippen LogP contribution in [0.15, 0.2) is 0 Å². The Morgan fingerprint density at radius 2 is 1.33 bits per heavy atom. The van der Waals surface area contributed by atoms with Crippen molar-refractivity contribution < 1.29 is 14.3 Å². The Labute approximate surface area is 146 Å². The number of nitrogens with one attached hydrogen (secondary N) is 4. The average Bonchev–Trinajstić information content (AvgIpc) is 2.56. The molecule has 6 N–H and O–H groups in total. The third kappa shape index (κ3) is 21.2. The molecule has 8 heteroatoms. The lowest BCUT2D eigenvalue weighted by molar-refractivity contribution is -0.117. The summed E-state index contributed by atoms with van der Waals surface area (Å²) in [5.41, 5.74) is 5.01. The van der Waals surface area contributed by atoms with Crippen LogP contribution in [0.2, 0.25) is 0 Å². The summed E-state index contributed by atoms with van der Waals surface area (Å²) < 4.78 is 11.0. The van der Waals surface area contributed by atoms with E-state index in [4.69, 9.17) is 15.2 Å². The van der Waals surface area contributed by atoms with Crippen molar-refractivity contribution in [2.24, 2.45) is 5.73 Å². The monoisotopic (exact) mass is 347 g/mol. The lowest BCUT2D eigenvalue weighted by Crippen LogP contribution is -2.34. The minimum absolute atomic E-state index is 0.232. The highest BCUT2D eigenvalue weighted by Crippen LogP contribution is 1.82. The summed E-state index contributed by atoms with van der Waals surface area (Å²) >= 11 is 0. The van der Waals surface area contributed by atoms with Gasteiger partial charge in [-0.15, -0.1) is 0 Å². The molecule has 0 fully saturated rings. The van der Waals surface area contributed by atoms with E-state index in [1.807, 2.05) is 0 Å². The zero-order valence-corrected chi connectivity index (χ0v) is 15.2. The number of hydrogen-bond donors (Lipinski definition) is 5. The molecule has 24 heavy (non-hydrogen) atoms. The second-order valence-corrected chi connectivity index (χ2v) is 5.47. The van der Waals surface area contributed by atoms with Crippen molar-refractivity contribution in [2.45, 2.75) is 19.8 Å². The lowest BCUT2D eigenvalue weighted by atomic mass is 10.4. The third-order valence-electron chi connectivity index (χ3n) is 3.12. The number of rotatable bonds is 20. The highest BCUT2D eigenvalue weighted by atomic mass is 16.5. The fraction of sp³-hybridized carbons (Fsp3) is 0.938. The molecule has 8 nitrogen and oxygen atoms in total. The largest absolute Gasteiger partial charge is 0.379 e. The van der Waals surface area contributed by atoms with Crippen molar-refractivity contribution in [3.8, 4) is 0 Å². The van der Waals surface area contributed by atoms with Gasteiger partial charge in [0, 0.05) is 39.3 Å². The van der Waals surface area contributed by atoms with Gasteiger partial charge in [-0.2, -0.15) is 0 Å². The van der Waals surface area contributed by atoms with E-state index < -0.39 is 0 Å². The molecule has 144 valence electrons. The van der Waals surface area contributed by atoms with Gasteiger partial charge in [-0.3, -0.25) is 4.79 Å². The highest BCUT2D eigenvalue weighted by molar-refractivity contribution is 5.75. The molecule has 0 unspecified atom stereocenters. The van der Waals surface area contributed by atoms with Gasteiger partial charge in [0.2, 0.25) is 5.91 Å². The Morgan fingerprint density at radius 3 is 2.00 bits per heavy atom. The van der Waals surface area contributed by atoms with Crippen LogP contribution < -0.4 is 27.0 Å². The number of carbonyl (C=O) groups is 1. The van der Waals surface area contributed by atoms with Crippen molar-refractivity contribution >= 4 is 5.91 Å². The number of hydrogen-bond acceptors (Lipinski definition) is 7. The smallest absolute Gasteiger partial charge is 0.231 e. The molecule has 0 radical (unpaired) electrons. The lowest BCUT2D eigenvalue weighted by Gasteiger charge is -2.08. The highest BCUT2D eigenvalue weighted by Gasteiger charge is 1.94. The molecule has 0 aliphatic rings. The van der Waals surface area contributed by atoms with E-state index in [-0.39, 0.29) is 12.5 Å². The van der Waals surface area contributed by atoms with Crippen molar-refractivity contribution in [3.63, 3.8) is 0 Å². The van der Waals surface area contributed by atoms with Crippen LogP contribution in [0.1, 0.15) is 19.8 Å². The van der Waals surface area contributed by atoms with Gasteiger partial charge in [0.1, 0.15) is 0 Å². The molecular formula is C16H37N5O3. The van der Waals surface area contributed by atoms with E-state index in [0.717, 1.165) is 65.4 Å². The summed E-state index contributed by atoms with van der Waals surface area (Å²) in [5.74, 6) is -0.328. The van der Waals surface area contributed by atoms with Crippen LogP contribution in [0.4, 0.5) is 0 Å². The summed E-state index contributed by atoms with van der Waals surface area (Å²) in [5, 5.41) is 12.9. The maximum Gasteiger partial charge on any atom is 0.231 e. The van der Waals surface area contributed by atoms with Gasteiger partial charge in [0.15, 0.2) is 0 Å². The van der Waals surface area contributed by atoms with Gasteiger partial charge in [0.05, 0.1) is 26.4 Å². The normalized spacial score (nSPS) is 11.0. The first-order valence-corrected chi connectivity index (χ1v) is 9.04. The Kier molecular flexibility index (Phi) is 19.6. The summed E-state index contributed by atoms with van der Waals surface area (Å²) in [6, 6.07) is 0. The Balaban J connectivity index is 2.97. The standard InChI is InChI=1S/C16H37N5O3/c1-2-4-18-6-7-20-10-12-24-14-13-23-11-3-5-19-8-9-21-15-16(17)22/h18-21H,2-15H2,1H3,(H2,17,22). The van der Waals surface area contributed by atoms with Crippen LogP contribution in [-0.4, -0.2) is 84.7 Å². The van der Waals surface area contributed by atoms with Crippen LogP contribution in [-0.2, 0) is 14.3 Å². The summed E-state index contributed by atoms with van der Waals surface area (Å²) in [4.78, 5) is 10.5. The predicted molar refractivity (Wildman–Crippen MR) is 97.2 cm³/mol. The zero-order chi connectivity index (χ0) is 17.7. The second kappa shape index (κ2) is 20.3. The molecule has 0 aromatic heterocycles. The zero-order valence-electron chi connectivity index (χ0n) is 15.2. The minimum Gasteiger partial charge on any atom is -0.379 e. The van der Waals surface area contributed by atoms with Crippen molar-refractivity contribution in [1.82, 2.24) is 21.3 Å². The molecule has 0 aliphatic carbocycles. The summed E-state index contributed by atoms with van der Waals surface area (Å²) in [7, 11) is 0. The summed E-state index contributed by atoms with van der Waals surface area (Å²) in [6.07, 6.45) is 2.13. The van der Waals surface area contributed by atoms with Crippen molar-refractivity contribution in [2.75, 3.05) is 78.8 Å². The average molecular weight is 348 g/mol. The summed E-state index contributed by atoms with van der Waals surface area (Å²) in [6.45, 7) is 11.5. The van der Waals surface area contributed by atoms with Gasteiger partial charge < -0.3 is 36.5 Å². The predicted octanol–water partition coefficient (Wildman–Crippen LogP) is -1.34. The third-order valence-corrected chi connectivity index (χ3v) is 3.12. The molecule has 0 bridgehead atoms. The van der Waals surface area contributed by atoms with Crippen LogP contribution in [0.25, 0.3) is 0 Å². The van der Waals surface area contributed by atoms with E-state index in [1.165, 1.54) is 6.42 Å². The van der Waals surface area contributed by atoms with Crippen molar-refractivity contribution in [3.05, 3.63) is 0 Å². The molecular weight excluding hydrogens is 310 g/mol. The van der Waals surface area contributed by atoms with Gasteiger partial charge in [-0.1, -0.05) is 6.92 Å². The number of ether oxygens (including phenoxy) is 2. The SMILES string of the molecule is CCCNCCNCCOCCOCCCNCCNCC(N)=O. The second-order valence-electron chi connectivity index (χ2n) is 5.47. The van der Waals surface area contributed by atoms with Crippen LogP contribution in [0.5, 0.6) is 0 Å². The first-order valence-electron chi connectivity index (χ1n) is 9.04. The molecule has 0 atom stereocenters. The number of primary amides is 1. The Morgan fingerprint density at radius 1 is 0.750 bits per heavy atom. The van der Waals surface area contributed by atoms with Gasteiger partial charge in [-0.05, 0) is 25.9 Å². The van der Waals surface area contributed by atoms with E-state index >= 15 is 0 Å². The first-order chi connectivity index (χ1) is 11.8. The fourth-order valence-electron chi connectivity index (χ4n) is 1.88. The maximum atomic E-state index is 10.5. The number of carbonyl (C=O) groups excluding carboxylic acids is 1. The van der Waals surface area contributed by atoms with Crippen LogP contribution in [0, 0.1) is 0 Å². The van der Waals surface area contributed by atoms with E-state index in [9.17, 15) is 4.79 Å². The molecule has 0 saturated heterocycles. The van der Waals surface area contributed by atoms with E-state index in [2.05, 4.69) is 28.2 Å². The van der Waals surface area contributed by atoms with E-state index in [1.54, 1.807) is 0 Å². The van der Waals surface area contributed by atoms with Gasteiger partial charge >= 0.3 is 0 Å². The molecule has 1 amide bonds. The fourth-order valence-corrected chi connectivity index (χ4v) is 1.88. The van der Waals surface area contributed by atoms with Crippen molar-refractivity contribution in [1.29, 1.82) is 0 Å². The quantitative estimate of drug-likeness (QED) is 0.173. The van der Waals surface area contributed by atoms with Crippen LogP contribution >= 0.6 is 0 Å². The molecule has 0 aromatic rings. The molecule has 0 aliphatic heterocycles. The minimum atomic E-state index is -0.328. The Bertz CT molecular complexity index is 270. The number of amides is 1. The molecule has 0 aromatic carbocycles. The topological polar surface area (TPSA) is 110 Å². The molecule has 0 heterocycles. The Hall–Kier alpha value is -0.770. The first kappa shape index (κ1) is 23.2. The maximum absolute atomic E-state index is 10.5. The number of nitrogens with two attached hydrogens (primary N) is 1. The van der Waals surface area contributed by atoms with Gasteiger partial charge in [-0.25, -0.2) is 0 Å². The molecule has 0 saturated carbocycles. The van der Waals surface area contributed by atoms with Gasteiger partial charge in [0.25, 0.3) is 0 Å². The molecule has 0 spiro atoms. The van der Waals surface area contributed by atoms with E-state index in [0.29, 0.717) is 13.2 Å².